The first-order valence-corrected chi connectivity index (χ1v) is 3.06. The lowest BCUT2D eigenvalue weighted by Crippen LogP contribution is -2.05. The third-order valence-electron chi connectivity index (χ3n) is 1.32. The lowest BCUT2D eigenvalue weighted by molar-refractivity contribution is 0.296. The van der Waals surface area contributed by atoms with Gasteiger partial charge < -0.3 is 15.0 Å². The van der Waals surface area contributed by atoms with E-state index in [9.17, 15) is 5.21 Å². The Morgan fingerprint density at radius 1 is 1.80 bits per heavy atom. The van der Waals surface area contributed by atoms with Crippen LogP contribution in [0.3, 0.4) is 0 Å². The first-order chi connectivity index (χ1) is 4.74. The molecule has 0 radical (unpaired) electrons. The summed E-state index contributed by atoms with van der Waals surface area (Å²) in [5.74, 6) is 0. The van der Waals surface area contributed by atoms with Crippen LogP contribution in [-0.2, 0) is 6.54 Å². The molecular formula is C6H9N2O2-. The van der Waals surface area contributed by atoms with E-state index >= 15 is 0 Å². The Balaban J connectivity index is 2.78. The van der Waals surface area contributed by atoms with Gasteiger partial charge in [0.15, 0.2) is 0 Å². The van der Waals surface area contributed by atoms with E-state index in [4.69, 9.17) is 5.21 Å². The smallest absolute Gasteiger partial charge is 0.0685 e. The zero-order chi connectivity index (χ0) is 7.56. The van der Waals surface area contributed by atoms with Gasteiger partial charge >= 0.3 is 0 Å². The van der Waals surface area contributed by atoms with E-state index in [1.807, 2.05) is 6.92 Å². The quantitative estimate of drug-likeness (QED) is 0.629. The van der Waals surface area contributed by atoms with E-state index in [1.165, 1.54) is 0 Å². The molecule has 56 valence electrons. The zero-order valence-corrected chi connectivity index (χ0v) is 5.69. The fraction of sp³-hybridized carbons (Fsp3) is 0.333. The molecule has 1 aromatic heterocycles. The highest BCUT2D eigenvalue weighted by Crippen LogP contribution is 2.10. The molecule has 0 aliphatic heterocycles. The van der Waals surface area contributed by atoms with Crippen molar-refractivity contribution >= 4 is 5.69 Å². The van der Waals surface area contributed by atoms with Crippen LogP contribution in [0.5, 0.6) is 0 Å². The first-order valence-electron chi connectivity index (χ1n) is 3.06. The molecule has 0 saturated carbocycles. The number of anilines is 1. The average Bonchev–Trinajstić information content (AvgIpc) is 2.34. The van der Waals surface area contributed by atoms with Crippen LogP contribution in [0.15, 0.2) is 18.5 Å². The maximum atomic E-state index is 10.2. The van der Waals surface area contributed by atoms with Gasteiger partial charge in [-0.25, -0.2) is 0 Å². The second-order valence-corrected chi connectivity index (χ2v) is 1.97. The molecule has 1 aromatic rings. The topological polar surface area (TPSA) is 51.5 Å². The van der Waals surface area contributed by atoms with Gasteiger partial charge in [-0.15, -0.1) is 0 Å². The van der Waals surface area contributed by atoms with Gasteiger partial charge in [0.2, 0.25) is 0 Å². The van der Waals surface area contributed by atoms with Crippen LogP contribution in [-0.4, -0.2) is 9.77 Å². The number of aryl methyl sites for hydroxylation is 1. The van der Waals surface area contributed by atoms with Gasteiger partial charge in [0.25, 0.3) is 0 Å². The predicted molar refractivity (Wildman–Crippen MR) is 37.7 cm³/mol. The van der Waals surface area contributed by atoms with Crippen molar-refractivity contribution in [3.05, 3.63) is 23.7 Å². The van der Waals surface area contributed by atoms with Gasteiger partial charge in [-0.05, 0) is 13.0 Å². The highest BCUT2D eigenvalue weighted by molar-refractivity contribution is 5.41. The number of aromatic nitrogens is 1. The molecule has 0 aromatic carbocycles. The molecule has 10 heavy (non-hydrogen) atoms. The largest absolute Gasteiger partial charge is 0.733 e. The normalized spacial score (nSPS) is 9.90. The molecule has 1 N–H and O–H groups in total. The van der Waals surface area contributed by atoms with Gasteiger partial charge in [-0.1, -0.05) is 0 Å². The maximum Gasteiger partial charge on any atom is 0.0685 e. The molecule has 0 saturated heterocycles. The molecule has 0 fully saturated rings. The molecule has 0 spiro atoms. The van der Waals surface area contributed by atoms with Crippen molar-refractivity contribution in [3.8, 4) is 0 Å². The second kappa shape index (κ2) is 2.72. The minimum Gasteiger partial charge on any atom is -0.733 e. The molecular weight excluding hydrogens is 132 g/mol. The standard InChI is InChI=1S/C6H9N2O2/c1-2-7-4-3-6(5-7)8(9)10/h3-5,9H,2H2,1H3/q-1. The fourth-order valence-corrected chi connectivity index (χ4v) is 0.738. The van der Waals surface area contributed by atoms with Gasteiger partial charge in [0.05, 0.1) is 5.69 Å². The SMILES string of the molecule is CCn1ccc(N([O-])O)c1. The lowest BCUT2D eigenvalue weighted by atomic mass is 10.6. The number of hydrogen-bond acceptors (Lipinski definition) is 3. The minimum absolute atomic E-state index is 0.147. The molecule has 1 rings (SSSR count). The number of nitrogens with zero attached hydrogens (tertiary/aromatic N) is 2. The average molecular weight is 141 g/mol. The molecule has 0 unspecified atom stereocenters. The Morgan fingerprint density at radius 3 is 2.80 bits per heavy atom. The van der Waals surface area contributed by atoms with Crippen molar-refractivity contribution in [3.63, 3.8) is 0 Å². The minimum atomic E-state index is -0.147. The molecule has 0 amide bonds. The maximum absolute atomic E-state index is 10.2. The van der Waals surface area contributed by atoms with E-state index < -0.39 is 0 Å². The van der Waals surface area contributed by atoms with E-state index in [-0.39, 0.29) is 10.9 Å². The van der Waals surface area contributed by atoms with Crippen molar-refractivity contribution in [2.45, 2.75) is 13.5 Å². The van der Waals surface area contributed by atoms with Gasteiger partial charge in [-0.2, -0.15) is 0 Å². The van der Waals surface area contributed by atoms with E-state index in [0.717, 1.165) is 6.54 Å². The molecule has 4 nitrogen and oxygen atoms in total. The molecule has 1 heterocycles. The summed E-state index contributed by atoms with van der Waals surface area (Å²) in [4.78, 5) is 0. The van der Waals surface area contributed by atoms with E-state index in [2.05, 4.69) is 0 Å². The Labute approximate surface area is 58.8 Å². The zero-order valence-electron chi connectivity index (χ0n) is 5.69. The van der Waals surface area contributed by atoms with Crippen molar-refractivity contribution in [1.82, 2.24) is 4.57 Å². The summed E-state index contributed by atoms with van der Waals surface area (Å²) in [7, 11) is 0. The van der Waals surface area contributed by atoms with Crippen LogP contribution in [0.4, 0.5) is 5.69 Å². The summed E-state index contributed by atoms with van der Waals surface area (Å²) in [6, 6.07) is 1.55. The summed E-state index contributed by atoms with van der Waals surface area (Å²) in [5.41, 5.74) is 0.266. The predicted octanol–water partition coefficient (Wildman–Crippen LogP) is 1.20. The van der Waals surface area contributed by atoms with Crippen LogP contribution in [0.1, 0.15) is 6.92 Å². The van der Waals surface area contributed by atoms with Crippen LogP contribution in [0.2, 0.25) is 0 Å². The van der Waals surface area contributed by atoms with E-state index in [1.54, 1.807) is 23.0 Å². The van der Waals surface area contributed by atoms with Crippen molar-refractivity contribution < 1.29 is 5.21 Å². The Kier molecular flexibility index (Phi) is 1.94. The lowest BCUT2D eigenvalue weighted by Gasteiger charge is -2.18. The molecule has 4 heteroatoms. The molecule has 0 aliphatic carbocycles. The summed E-state index contributed by atoms with van der Waals surface area (Å²) in [6.45, 7) is 2.75. The van der Waals surface area contributed by atoms with Crippen LogP contribution >= 0.6 is 0 Å². The highest BCUT2D eigenvalue weighted by atomic mass is 16.8. The van der Waals surface area contributed by atoms with Crippen LogP contribution < -0.4 is 5.23 Å². The van der Waals surface area contributed by atoms with Gasteiger partial charge in [-0.3, -0.25) is 5.21 Å². The summed E-state index contributed by atoms with van der Waals surface area (Å²) in [6.07, 6.45) is 3.31. The molecule has 0 aliphatic rings. The Hall–Kier alpha value is -1.00. The van der Waals surface area contributed by atoms with Gasteiger partial charge in [0.1, 0.15) is 0 Å². The number of hydrogen-bond donors (Lipinski definition) is 1. The monoisotopic (exact) mass is 141 g/mol. The summed E-state index contributed by atoms with van der Waals surface area (Å²) in [5, 5.41) is 18.5. The first kappa shape index (κ1) is 7.11. The Morgan fingerprint density at radius 2 is 2.50 bits per heavy atom. The third kappa shape index (κ3) is 1.29. The van der Waals surface area contributed by atoms with Gasteiger partial charge in [0, 0.05) is 18.9 Å². The van der Waals surface area contributed by atoms with Crippen LogP contribution in [0, 0.1) is 5.21 Å². The fourth-order valence-electron chi connectivity index (χ4n) is 0.738. The van der Waals surface area contributed by atoms with Crippen molar-refractivity contribution in [1.29, 1.82) is 0 Å². The third-order valence-corrected chi connectivity index (χ3v) is 1.32. The molecule has 0 atom stereocenters. The van der Waals surface area contributed by atoms with Crippen molar-refractivity contribution in [2.24, 2.45) is 0 Å². The van der Waals surface area contributed by atoms with Crippen molar-refractivity contribution in [2.75, 3.05) is 5.23 Å². The second-order valence-electron chi connectivity index (χ2n) is 1.97. The Bertz CT molecular complexity index is 207. The van der Waals surface area contributed by atoms with Crippen LogP contribution in [0.25, 0.3) is 0 Å². The highest BCUT2D eigenvalue weighted by Gasteiger charge is 1.92. The van der Waals surface area contributed by atoms with E-state index in [0.29, 0.717) is 0 Å². The number of rotatable bonds is 2. The summed E-state index contributed by atoms with van der Waals surface area (Å²) < 4.78 is 1.80. The summed E-state index contributed by atoms with van der Waals surface area (Å²) >= 11 is 0. The molecule has 0 bridgehead atoms.